The van der Waals surface area contributed by atoms with Crippen LogP contribution in [0.4, 0.5) is 0 Å². The number of amides is 1. The van der Waals surface area contributed by atoms with E-state index in [4.69, 9.17) is 5.11 Å². The Bertz CT molecular complexity index is 652. The molecule has 0 unspecified atom stereocenters. The first-order valence-electron chi connectivity index (χ1n) is 6.76. The molecule has 2 heterocycles. The first-order valence-corrected chi connectivity index (χ1v) is 7.55. The van der Waals surface area contributed by atoms with Crippen LogP contribution in [0.15, 0.2) is 29.1 Å². The lowest BCUT2D eigenvalue weighted by Gasteiger charge is -2.03. The van der Waals surface area contributed by atoms with Gasteiger partial charge >= 0.3 is 5.97 Å². The number of hydrogen-bond donors (Lipinski definition) is 2. The number of aromatic nitrogens is 4. The molecule has 2 rings (SSSR count). The van der Waals surface area contributed by atoms with Crippen LogP contribution in [-0.4, -0.2) is 43.1 Å². The average molecular weight is 370 g/mol. The summed E-state index contributed by atoms with van der Waals surface area (Å²) in [5.41, 5.74) is 0.284. The molecule has 0 aliphatic heterocycles. The molecule has 0 saturated carbocycles. The van der Waals surface area contributed by atoms with Gasteiger partial charge in [0.05, 0.1) is 23.6 Å². The van der Waals surface area contributed by atoms with Crippen molar-refractivity contribution >= 4 is 27.8 Å². The second kappa shape index (κ2) is 7.74. The van der Waals surface area contributed by atoms with Gasteiger partial charge < -0.3 is 10.4 Å². The SMILES string of the molecule is O=C(O)CCn1ccc(C(=O)NCCCn2cc(Br)cn2)n1. The van der Waals surface area contributed by atoms with Crippen molar-refractivity contribution in [1.29, 1.82) is 0 Å². The molecule has 2 aromatic rings. The number of hydrogen-bond acceptors (Lipinski definition) is 4. The number of carbonyl (C=O) groups is 2. The maximum atomic E-state index is 11.9. The van der Waals surface area contributed by atoms with Crippen molar-refractivity contribution < 1.29 is 14.7 Å². The van der Waals surface area contributed by atoms with Crippen molar-refractivity contribution in [2.75, 3.05) is 6.54 Å². The van der Waals surface area contributed by atoms with Crippen molar-refractivity contribution in [3.63, 3.8) is 0 Å². The van der Waals surface area contributed by atoms with E-state index in [1.807, 2.05) is 6.20 Å². The van der Waals surface area contributed by atoms with Gasteiger partial charge in [-0.25, -0.2) is 0 Å². The van der Waals surface area contributed by atoms with Gasteiger partial charge in [-0.05, 0) is 28.4 Å². The van der Waals surface area contributed by atoms with E-state index in [2.05, 4.69) is 31.4 Å². The van der Waals surface area contributed by atoms with Crippen molar-refractivity contribution in [2.24, 2.45) is 0 Å². The van der Waals surface area contributed by atoms with Crippen LogP contribution in [0.5, 0.6) is 0 Å². The highest BCUT2D eigenvalue weighted by Crippen LogP contribution is 2.06. The molecular weight excluding hydrogens is 354 g/mol. The van der Waals surface area contributed by atoms with Crippen LogP contribution in [0, 0.1) is 0 Å². The summed E-state index contributed by atoms with van der Waals surface area (Å²) in [4.78, 5) is 22.4. The first kappa shape index (κ1) is 16.2. The predicted octanol–water partition coefficient (Wildman–Crippen LogP) is 1.14. The number of nitrogens with one attached hydrogen (secondary N) is 1. The van der Waals surface area contributed by atoms with Crippen LogP contribution >= 0.6 is 15.9 Å². The number of halogens is 1. The second-order valence-corrected chi connectivity index (χ2v) is 5.55. The summed E-state index contributed by atoms with van der Waals surface area (Å²) in [6.07, 6.45) is 5.90. The maximum absolute atomic E-state index is 11.9. The van der Waals surface area contributed by atoms with E-state index < -0.39 is 5.97 Å². The van der Waals surface area contributed by atoms with Gasteiger partial charge in [0.2, 0.25) is 0 Å². The lowest BCUT2D eigenvalue weighted by atomic mass is 10.3. The van der Waals surface area contributed by atoms with Crippen molar-refractivity contribution in [3.05, 3.63) is 34.8 Å². The topological polar surface area (TPSA) is 102 Å². The lowest BCUT2D eigenvalue weighted by molar-refractivity contribution is -0.137. The maximum Gasteiger partial charge on any atom is 0.305 e. The quantitative estimate of drug-likeness (QED) is 0.679. The Morgan fingerprint density at radius 3 is 2.82 bits per heavy atom. The minimum atomic E-state index is -0.897. The van der Waals surface area contributed by atoms with Crippen LogP contribution < -0.4 is 5.32 Å². The highest BCUT2D eigenvalue weighted by atomic mass is 79.9. The van der Waals surface area contributed by atoms with Crippen LogP contribution in [0.3, 0.4) is 0 Å². The number of carbonyl (C=O) groups excluding carboxylic acids is 1. The monoisotopic (exact) mass is 369 g/mol. The van der Waals surface area contributed by atoms with E-state index in [1.165, 1.54) is 4.68 Å². The molecule has 8 nitrogen and oxygen atoms in total. The zero-order valence-corrected chi connectivity index (χ0v) is 13.4. The van der Waals surface area contributed by atoms with Gasteiger partial charge in [0.1, 0.15) is 5.69 Å². The Balaban J connectivity index is 1.71. The fourth-order valence-corrected chi connectivity index (χ4v) is 2.14. The first-order chi connectivity index (χ1) is 10.5. The number of nitrogens with zero attached hydrogens (tertiary/aromatic N) is 4. The summed E-state index contributed by atoms with van der Waals surface area (Å²) < 4.78 is 4.16. The van der Waals surface area contributed by atoms with Gasteiger partial charge in [-0.15, -0.1) is 0 Å². The summed E-state index contributed by atoms with van der Waals surface area (Å²) in [6.45, 7) is 1.47. The summed E-state index contributed by atoms with van der Waals surface area (Å²) in [6, 6.07) is 1.57. The number of carboxylic acid groups (broad SMARTS) is 1. The van der Waals surface area contributed by atoms with Gasteiger partial charge in [0.25, 0.3) is 5.91 Å². The van der Waals surface area contributed by atoms with Crippen molar-refractivity contribution in [2.45, 2.75) is 25.9 Å². The zero-order valence-electron chi connectivity index (χ0n) is 11.8. The van der Waals surface area contributed by atoms with Gasteiger partial charge in [-0.1, -0.05) is 0 Å². The van der Waals surface area contributed by atoms with Crippen LogP contribution in [0.25, 0.3) is 0 Å². The van der Waals surface area contributed by atoms with Crippen LogP contribution in [0.1, 0.15) is 23.3 Å². The molecule has 0 spiro atoms. The van der Waals surface area contributed by atoms with E-state index in [-0.39, 0.29) is 24.6 Å². The highest BCUT2D eigenvalue weighted by Gasteiger charge is 2.09. The Kier molecular flexibility index (Phi) is 5.70. The number of rotatable bonds is 8. The standard InChI is InChI=1S/C13H16BrN5O3/c14-10-8-16-19(9-10)5-1-4-15-13(22)11-2-6-18(17-11)7-3-12(20)21/h2,6,8-9H,1,3-5,7H2,(H,15,22)(H,20,21). The predicted molar refractivity (Wildman–Crippen MR) is 81.4 cm³/mol. The van der Waals surface area contributed by atoms with Gasteiger partial charge in [-0.3, -0.25) is 19.0 Å². The highest BCUT2D eigenvalue weighted by molar-refractivity contribution is 9.10. The Morgan fingerprint density at radius 2 is 2.14 bits per heavy atom. The van der Waals surface area contributed by atoms with E-state index in [9.17, 15) is 9.59 Å². The number of aliphatic carboxylic acids is 1. The molecular formula is C13H16BrN5O3. The van der Waals surface area contributed by atoms with E-state index >= 15 is 0 Å². The zero-order chi connectivity index (χ0) is 15.9. The molecule has 22 heavy (non-hydrogen) atoms. The molecule has 0 aliphatic rings. The smallest absolute Gasteiger partial charge is 0.305 e. The van der Waals surface area contributed by atoms with E-state index in [0.717, 1.165) is 10.9 Å². The molecule has 0 aromatic carbocycles. The molecule has 0 radical (unpaired) electrons. The van der Waals surface area contributed by atoms with Gasteiger partial charge in [-0.2, -0.15) is 10.2 Å². The summed E-state index contributed by atoms with van der Waals surface area (Å²) >= 11 is 3.32. The summed E-state index contributed by atoms with van der Waals surface area (Å²) in [5, 5.41) is 19.5. The third kappa shape index (κ3) is 4.99. The van der Waals surface area contributed by atoms with Gasteiger partial charge in [0, 0.05) is 25.5 Å². The third-order valence-electron chi connectivity index (χ3n) is 2.88. The fourth-order valence-electron chi connectivity index (χ4n) is 1.81. The Labute approximate surface area is 135 Å². The minimum Gasteiger partial charge on any atom is -0.481 e. The Hall–Kier alpha value is -2.16. The molecule has 9 heteroatoms. The molecule has 0 saturated heterocycles. The fraction of sp³-hybridized carbons (Fsp3) is 0.385. The van der Waals surface area contributed by atoms with Crippen molar-refractivity contribution in [1.82, 2.24) is 24.9 Å². The second-order valence-electron chi connectivity index (χ2n) is 4.64. The van der Waals surface area contributed by atoms with E-state index in [0.29, 0.717) is 13.1 Å². The molecule has 0 aliphatic carbocycles. The molecule has 2 N–H and O–H groups in total. The average Bonchev–Trinajstić information content (AvgIpc) is 3.10. The molecule has 0 atom stereocenters. The lowest BCUT2D eigenvalue weighted by Crippen LogP contribution is -2.26. The third-order valence-corrected chi connectivity index (χ3v) is 3.29. The van der Waals surface area contributed by atoms with Crippen LogP contribution in [-0.2, 0) is 17.9 Å². The molecule has 0 bridgehead atoms. The molecule has 1 amide bonds. The summed E-state index contributed by atoms with van der Waals surface area (Å²) in [5.74, 6) is -1.16. The largest absolute Gasteiger partial charge is 0.481 e. The minimum absolute atomic E-state index is 0.0256. The molecule has 0 fully saturated rings. The van der Waals surface area contributed by atoms with Crippen LogP contribution in [0.2, 0.25) is 0 Å². The normalized spacial score (nSPS) is 10.6. The van der Waals surface area contributed by atoms with Crippen molar-refractivity contribution in [3.8, 4) is 0 Å². The molecule has 2 aromatic heterocycles. The number of carboxylic acids is 1. The molecule has 118 valence electrons. The van der Waals surface area contributed by atoms with E-state index in [1.54, 1.807) is 23.1 Å². The number of aryl methyl sites for hydroxylation is 2. The van der Waals surface area contributed by atoms with Gasteiger partial charge in [0.15, 0.2) is 0 Å². The summed E-state index contributed by atoms with van der Waals surface area (Å²) in [7, 11) is 0. The Morgan fingerprint density at radius 1 is 1.32 bits per heavy atom.